The maximum Gasteiger partial charge on any atom is -0.0126 e. The van der Waals surface area contributed by atoms with Crippen molar-refractivity contribution in [2.75, 3.05) is 0 Å². The van der Waals surface area contributed by atoms with Gasteiger partial charge in [-0.1, -0.05) is 70.2 Å². The van der Waals surface area contributed by atoms with Crippen LogP contribution in [0.15, 0.2) is 42.5 Å². The van der Waals surface area contributed by atoms with E-state index < -0.39 is 0 Å². The molecule has 0 amide bonds. The maximum atomic E-state index is 2.34. The fourth-order valence-corrected chi connectivity index (χ4v) is 2.29. The highest BCUT2D eigenvalue weighted by Crippen LogP contribution is 2.30. The molecule has 0 saturated heterocycles. The number of allylic oxidation sites excluding steroid dienone is 1. The molecular formula is C18H22. The van der Waals surface area contributed by atoms with Gasteiger partial charge < -0.3 is 0 Å². The quantitative estimate of drug-likeness (QED) is 0.642. The van der Waals surface area contributed by atoms with Crippen molar-refractivity contribution < 1.29 is 0 Å². The Morgan fingerprint density at radius 3 is 2.17 bits per heavy atom. The Hall–Kier alpha value is -1.56. The van der Waals surface area contributed by atoms with Crippen LogP contribution in [0.4, 0.5) is 0 Å². The second kappa shape index (κ2) is 4.97. The zero-order chi connectivity index (χ0) is 13.2. The van der Waals surface area contributed by atoms with Crippen molar-refractivity contribution in [2.24, 2.45) is 0 Å². The van der Waals surface area contributed by atoms with Gasteiger partial charge in [0.25, 0.3) is 0 Å². The Balaban J connectivity index is 2.68. The highest BCUT2D eigenvalue weighted by molar-refractivity contribution is 5.86. The van der Waals surface area contributed by atoms with Gasteiger partial charge in [-0.3, -0.25) is 0 Å². The Morgan fingerprint density at radius 1 is 1.00 bits per heavy atom. The molecule has 0 saturated carbocycles. The molecule has 0 heterocycles. The first-order valence-corrected chi connectivity index (χ1v) is 6.72. The van der Waals surface area contributed by atoms with Gasteiger partial charge in [0.05, 0.1) is 0 Å². The number of benzene rings is 2. The molecule has 2 aromatic carbocycles. The average molecular weight is 238 g/mol. The van der Waals surface area contributed by atoms with Gasteiger partial charge in [0.1, 0.15) is 0 Å². The predicted molar refractivity (Wildman–Crippen MR) is 82.0 cm³/mol. The number of fused-ring (bicyclic) bond motifs is 1. The second-order valence-corrected chi connectivity index (χ2v) is 5.85. The van der Waals surface area contributed by atoms with Crippen LogP contribution >= 0.6 is 0 Å². The van der Waals surface area contributed by atoms with Gasteiger partial charge >= 0.3 is 0 Å². The van der Waals surface area contributed by atoms with E-state index in [0.717, 1.165) is 6.42 Å². The van der Waals surface area contributed by atoms with Gasteiger partial charge in [0, 0.05) is 0 Å². The Morgan fingerprint density at radius 2 is 1.61 bits per heavy atom. The molecule has 0 aliphatic carbocycles. The molecule has 0 aliphatic heterocycles. The highest BCUT2D eigenvalue weighted by atomic mass is 14.2. The van der Waals surface area contributed by atoms with E-state index in [1.165, 1.54) is 21.9 Å². The van der Waals surface area contributed by atoms with Crippen LogP contribution in [-0.4, -0.2) is 0 Å². The standard InChI is InChI=1S/C18H22/c1-5-6-9-16-12-14-10-7-8-11-15(14)13-17(16)18(2,3)4/h6-13H,5H2,1-4H3/b9-6+. The van der Waals surface area contributed by atoms with E-state index in [4.69, 9.17) is 0 Å². The van der Waals surface area contributed by atoms with Crippen LogP contribution in [0.5, 0.6) is 0 Å². The summed E-state index contributed by atoms with van der Waals surface area (Å²) >= 11 is 0. The third kappa shape index (κ3) is 2.64. The van der Waals surface area contributed by atoms with E-state index in [1.807, 2.05) is 0 Å². The molecule has 0 nitrogen and oxygen atoms in total. The van der Waals surface area contributed by atoms with Crippen LogP contribution in [0.3, 0.4) is 0 Å². The third-order valence-electron chi connectivity index (χ3n) is 3.26. The van der Waals surface area contributed by atoms with Crippen molar-refractivity contribution in [3.63, 3.8) is 0 Å². The monoisotopic (exact) mass is 238 g/mol. The Bertz CT molecular complexity index is 568. The molecule has 0 heteroatoms. The molecule has 18 heavy (non-hydrogen) atoms. The summed E-state index contributed by atoms with van der Waals surface area (Å²) in [5.41, 5.74) is 2.95. The molecule has 0 radical (unpaired) electrons. The van der Waals surface area contributed by atoms with E-state index in [9.17, 15) is 0 Å². The molecule has 0 N–H and O–H groups in total. The van der Waals surface area contributed by atoms with Crippen molar-refractivity contribution in [1.29, 1.82) is 0 Å². The predicted octanol–water partition coefficient (Wildman–Crippen LogP) is 5.56. The molecule has 0 aliphatic rings. The van der Waals surface area contributed by atoms with Crippen LogP contribution in [0.2, 0.25) is 0 Å². The fraction of sp³-hybridized carbons (Fsp3) is 0.333. The van der Waals surface area contributed by atoms with Gasteiger partial charge in [-0.25, -0.2) is 0 Å². The number of rotatable bonds is 2. The summed E-state index contributed by atoms with van der Waals surface area (Å²) in [5, 5.41) is 2.65. The summed E-state index contributed by atoms with van der Waals surface area (Å²) in [4.78, 5) is 0. The summed E-state index contributed by atoms with van der Waals surface area (Å²) in [6.07, 6.45) is 5.57. The van der Waals surface area contributed by atoms with Crippen LogP contribution in [0.25, 0.3) is 16.8 Å². The van der Waals surface area contributed by atoms with E-state index >= 15 is 0 Å². The Kier molecular flexibility index (Phi) is 3.56. The van der Waals surface area contributed by atoms with Gasteiger partial charge in [0.2, 0.25) is 0 Å². The smallest absolute Gasteiger partial charge is 0.0126 e. The van der Waals surface area contributed by atoms with Crippen LogP contribution in [-0.2, 0) is 5.41 Å². The van der Waals surface area contributed by atoms with Crippen molar-refractivity contribution in [3.8, 4) is 0 Å². The van der Waals surface area contributed by atoms with E-state index in [0.29, 0.717) is 0 Å². The minimum absolute atomic E-state index is 0.178. The lowest BCUT2D eigenvalue weighted by molar-refractivity contribution is 0.590. The first-order chi connectivity index (χ1) is 8.52. The molecule has 0 bridgehead atoms. The average Bonchev–Trinajstić information content (AvgIpc) is 2.34. The summed E-state index contributed by atoms with van der Waals surface area (Å²) in [5.74, 6) is 0. The topological polar surface area (TPSA) is 0 Å². The molecule has 0 aromatic heterocycles. The van der Waals surface area contributed by atoms with Crippen LogP contribution in [0, 0.1) is 0 Å². The van der Waals surface area contributed by atoms with Crippen molar-refractivity contribution >= 4 is 16.8 Å². The normalized spacial score (nSPS) is 12.4. The van der Waals surface area contributed by atoms with E-state index in [-0.39, 0.29) is 5.41 Å². The highest BCUT2D eigenvalue weighted by Gasteiger charge is 2.17. The molecular weight excluding hydrogens is 216 g/mol. The van der Waals surface area contributed by atoms with E-state index in [1.54, 1.807) is 0 Å². The van der Waals surface area contributed by atoms with Crippen molar-refractivity contribution in [3.05, 3.63) is 53.6 Å². The van der Waals surface area contributed by atoms with Gasteiger partial charge in [-0.05, 0) is 39.8 Å². The summed E-state index contributed by atoms with van der Waals surface area (Å²) in [6, 6.07) is 13.2. The lowest BCUT2D eigenvalue weighted by Gasteiger charge is -2.22. The molecule has 0 atom stereocenters. The molecule has 94 valence electrons. The molecule has 2 aromatic rings. The second-order valence-electron chi connectivity index (χ2n) is 5.85. The van der Waals surface area contributed by atoms with Crippen molar-refractivity contribution in [1.82, 2.24) is 0 Å². The lowest BCUT2D eigenvalue weighted by atomic mass is 9.82. The summed E-state index contributed by atoms with van der Waals surface area (Å²) < 4.78 is 0. The Labute approximate surface area is 110 Å². The number of hydrogen-bond acceptors (Lipinski definition) is 0. The minimum atomic E-state index is 0.178. The van der Waals surface area contributed by atoms with Crippen LogP contribution in [0.1, 0.15) is 45.2 Å². The zero-order valence-electron chi connectivity index (χ0n) is 11.8. The van der Waals surface area contributed by atoms with Crippen LogP contribution < -0.4 is 0 Å². The lowest BCUT2D eigenvalue weighted by Crippen LogP contribution is -2.12. The first kappa shape index (κ1) is 12.9. The SMILES string of the molecule is CC/C=C/c1cc2ccccc2cc1C(C)(C)C. The first-order valence-electron chi connectivity index (χ1n) is 6.72. The van der Waals surface area contributed by atoms with Gasteiger partial charge in [-0.15, -0.1) is 0 Å². The molecule has 2 rings (SSSR count). The zero-order valence-corrected chi connectivity index (χ0v) is 11.8. The van der Waals surface area contributed by atoms with Gasteiger partial charge in [-0.2, -0.15) is 0 Å². The van der Waals surface area contributed by atoms with Gasteiger partial charge in [0.15, 0.2) is 0 Å². The molecule has 0 unspecified atom stereocenters. The molecule has 0 spiro atoms. The maximum absolute atomic E-state index is 2.34. The van der Waals surface area contributed by atoms with Crippen molar-refractivity contribution in [2.45, 2.75) is 39.5 Å². The fourth-order valence-electron chi connectivity index (χ4n) is 2.29. The molecule has 0 fully saturated rings. The number of hydrogen-bond donors (Lipinski definition) is 0. The minimum Gasteiger partial charge on any atom is -0.0842 e. The summed E-state index contributed by atoms with van der Waals surface area (Å²) in [7, 11) is 0. The summed E-state index contributed by atoms with van der Waals surface area (Å²) in [6.45, 7) is 9.01. The third-order valence-corrected chi connectivity index (χ3v) is 3.26. The van der Waals surface area contributed by atoms with E-state index in [2.05, 4.69) is 76.2 Å². The largest absolute Gasteiger partial charge is 0.0842 e.